The molecule has 18 heavy (non-hydrogen) atoms. The van der Waals surface area contributed by atoms with E-state index < -0.39 is 0 Å². The summed E-state index contributed by atoms with van der Waals surface area (Å²) >= 11 is 6.16. The minimum absolute atomic E-state index is 0.648. The maximum absolute atomic E-state index is 6.16. The molecule has 0 spiro atoms. The lowest BCUT2D eigenvalue weighted by atomic mass is 10.0. The lowest BCUT2D eigenvalue weighted by Crippen LogP contribution is -2.30. The van der Waals surface area contributed by atoms with Gasteiger partial charge in [0.05, 0.1) is 0 Å². The highest BCUT2D eigenvalue weighted by atomic mass is 35.5. The van der Waals surface area contributed by atoms with E-state index in [4.69, 9.17) is 11.6 Å². The molecule has 0 heterocycles. The summed E-state index contributed by atoms with van der Waals surface area (Å²) in [5.74, 6) is 0. The molecule has 102 valence electrons. The lowest BCUT2D eigenvalue weighted by Gasteiger charge is -2.17. The van der Waals surface area contributed by atoms with Gasteiger partial charge in [-0.1, -0.05) is 44.0 Å². The summed E-state index contributed by atoms with van der Waals surface area (Å²) in [5, 5.41) is 4.52. The first-order chi connectivity index (χ1) is 8.67. The Labute approximate surface area is 117 Å². The molecule has 2 heteroatoms. The fraction of sp³-hybridized carbons (Fsp3) is 0.625. The van der Waals surface area contributed by atoms with Crippen LogP contribution in [0, 0.1) is 6.92 Å². The Kier molecular flexibility index (Phi) is 7.38. The SMILES string of the molecule is CCCNC(CCC)CCc1ccc(C)c(Cl)c1. The molecule has 0 aliphatic heterocycles. The van der Waals surface area contributed by atoms with Crippen LogP contribution in [0.15, 0.2) is 18.2 Å². The summed E-state index contributed by atoms with van der Waals surface area (Å²) in [6.45, 7) is 7.65. The van der Waals surface area contributed by atoms with E-state index in [2.05, 4.69) is 44.3 Å². The fourth-order valence-electron chi connectivity index (χ4n) is 2.18. The zero-order chi connectivity index (χ0) is 13.4. The van der Waals surface area contributed by atoms with E-state index in [0.717, 1.165) is 23.6 Å². The van der Waals surface area contributed by atoms with E-state index in [9.17, 15) is 0 Å². The van der Waals surface area contributed by atoms with Crippen molar-refractivity contribution in [3.05, 3.63) is 34.3 Å². The molecular weight excluding hydrogens is 242 g/mol. The zero-order valence-corrected chi connectivity index (χ0v) is 12.7. The molecular formula is C16H26ClN. The first kappa shape index (κ1) is 15.5. The molecule has 1 aromatic rings. The summed E-state index contributed by atoms with van der Waals surface area (Å²) in [7, 11) is 0. The van der Waals surface area contributed by atoms with Gasteiger partial charge in [-0.2, -0.15) is 0 Å². The van der Waals surface area contributed by atoms with Crippen LogP contribution in [0.1, 0.15) is 50.7 Å². The Morgan fingerprint density at radius 3 is 2.56 bits per heavy atom. The van der Waals surface area contributed by atoms with Crippen LogP contribution in [0.5, 0.6) is 0 Å². The molecule has 1 rings (SSSR count). The number of halogens is 1. The summed E-state index contributed by atoms with van der Waals surface area (Å²) in [6.07, 6.45) is 6.03. The number of aryl methyl sites for hydroxylation is 2. The maximum atomic E-state index is 6.16. The van der Waals surface area contributed by atoms with Gasteiger partial charge in [0.2, 0.25) is 0 Å². The van der Waals surface area contributed by atoms with E-state index in [1.165, 1.54) is 31.2 Å². The standard InChI is InChI=1S/C16H26ClN/c1-4-6-15(18-11-5-2)10-9-14-8-7-13(3)16(17)12-14/h7-8,12,15,18H,4-6,9-11H2,1-3H3. The second kappa shape index (κ2) is 8.55. The second-order valence-corrected chi connectivity index (χ2v) is 5.47. The Bertz CT molecular complexity index is 349. The van der Waals surface area contributed by atoms with E-state index in [-0.39, 0.29) is 0 Å². The van der Waals surface area contributed by atoms with E-state index in [1.54, 1.807) is 0 Å². The number of benzene rings is 1. The van der Waals surface area contributed by atoms with Crippen LogP contribution in [-0.2, 0) is 6.42 Å². The van der Waals surface area contributed by atoms with Crippen molar-refractivity contribution in [3.63, 3.8) is 0 Å². The van der Waals surface area contributed by atoms with Crippen molar-refractivity contribution in [2.45, 2.75) is 58.9 Å². The maximum Gasteiger partial charge on any atom is 0.0437 e. The van der Waals surface area contributed by atoms with E-state index >= 15 is 0 Å². The summed E-state index contributed by atoms with van der Waals surface area (Å²) < 4.78 is 0. The molecule has 0 aliphatic rings. The summed E-state index contributed by atoms with van der Waals surface area (Å²) in [5.41, 5.74) is 2.51. The molecule has 0 amide bonds. The van der Waals surface area contributed by atoms with Crippen LogP contribution in [0.25, 0.3) is 0 Å². The second-order valence-electron chi connectivity index (χ2n) is 5.06. The summed E-state index contributed by atoms with van der Waals surface area (Å²) in [4.78, 5) is 0. The van der Waals surface area contributed by atoms with Crippen LogP contribution in [0.2, 0.25) is 5.02 Å². The van der Waals surface area contributed by atoms with Crippen LogP contribution in [0.3, 0.4) is 0 Å². The van der Waals surface area contributed by atoms with Gasteiger partial charge in [-0.25, -0.2) is 0 Å². The molecule has 0 fully saturated rings. The van der Waals surface area contributed by atoms with Crippen molar-refractivity contribution in [1.82, 2.24) is 5.32 Å². The Morgan fingerprint density at radius 1 is 1.17 bits per heavy atom. The molecule has 0 saturated heterocycles. The van der Waals surface area contributed by atoms with Gasteiger partial charge in [0.1, 0.15) is 0 Å². The number of hydrogen-bond acceptors (Lipinski definition) is 1. The van der Waals surface area contributed by atoms with Gasteiger partial charge >= 0.3 is 0 Å². The van der Waals surface area contributed by atoms with Gasteiger partial charge in [0.15, 0.2) is 0 Å². The molecule has 1 nitrogen and oxygen atoms in total. The van der Waals surface area contributed by atoms with Crippen LogP contribution in [-0.4, -0.2) is 12.6 Å². The van der Waals surface area contributed by atoms with Crippen LogP contribution < -0.4 is 5.32 Å². The monoisotopic (exact) mass is 267 g/mol. The van der Waals surface area contributed by atoms with Gasteiger partial charge in [0.25, 0.3) is 0 Å². The van der Waals surface area contributed by atoms with Crippen molar-refractivity contribution in [2.24, 2.45) is 0 Å². The van der Waals surface area contributed by atoms with Crippen molar-refractivity contribution in [3.8, 4) is 0 Å². The fourth-order valence-corrected chi connectivity index (χ4v) is 2.38. The minimum Gasteiger partial charge on any atom is -0.314 e. The predicted octanol–water partition coefficient (Wildman–Crippen LogP) is 4.75. The predicted molar refractivity (Wildman–Crippen MR) is 81.5 cm³/mol. The van der Waals surface area contributed by atoms with Gasteiger partial charge in [0, 0.05) is 11.1 Å². The van der Waals surface area contributed by atoms with Gasteiger partial charge in [-0.15, -0.1) is 0 Å². The third kappa shape index (κ3) is 5.41. The highest BCUT2D eigenvalue weighted by Gasteiger charge is 2.07. The molecule has 0 bridgehead atoms. The van der Waals surface area contributed by atoms with Gasteiger partial charge < -0.3 is 5.32 Å². The number of nitrogens with one attached hydrogen (secondary N) is 1. The number of hydrogen-bond donors (Lipinski definition) is 1. The van der Waals surface area contributed by atoms with Gasteiger partial charge in [-0.05, 0) is 56.3 Å². The Morgan fingerprint density at radius 2 is 1.94 bits per heavy atom. The molecule has 0 aliphatic carbocycles. The molecule has 0 radical (unpaired) electrons. The Balaban J connectivity index is 2.47. The third-order valence-corrected chi connectivity index (χ3v) is 3.75. The topological polar surface area (TPSA) is 12.0 Å². The van der Waals surface area contributed by atoms with Crippen molar-refractivity contribution < 1.29 is 0 Å². The third-order valence-electron chi connectivity index (χ3n) is 3.34. The normalized spacial score (nSPS) is 12.7. The first-order valence-electron chi connectivity index (χ1n) is 7.15. The average molecular weight is 268 g/mol. The highest BCUT2D eigenvalue weighted by Crippen LogP contribution is 2.18. The van der Waals surface area contributed by atoms with Crippen LogP contribution >= 0.6 is 11.6 Å². The van der Waals surface area contributed by atoms with Crippen molar-refractivity contribution in [1.29, 1.82) is 0 Å². The van der Waals surface area contributed by atoms with E-state index in [1.807, 2.05) is 0 Å². The summed E-state index contributed by atoms with van der Waals surface area (Å²) in [6, 6.07) is 7.07. The average Bonchev–Trinajstić information content (AvgIpc) is 2.37. The lowest BCUT2D eigenvalue weighted by molar-refractivity contribution is 0.449. The molecule has 0 aromatic heterocycles. The molecule has 1 atom stereocenters. The first-order valence-corrected chi connectivity index (χ1v) is 7.53. The molecule has 1 N–H and O–H groups in total. The molecule has 1 unspecified atom stereocenters. The van der Waals surface area contributed by atoms with E-state index in [0.29, 0.717) is 6.04 Å². The van der Waals surface area contributed by atoms with Crippen molar-refractivity contribution in [2.75, 3.05) is 6.54 Å². The minimum atomic E-state index is 0.648. The zero-order valence-electron chi connectivity index (χ0n) is 11.9. The largest absolute Gasteiger partial charge is 0.314 e. The van der Waals surface area contributed by atoms with Crippen molar-refractivity contribution >= 4 is 11.6 Å². The number of rotatable bonds is 8. The van der Waals surface area contributed by atoms with Gasteiger partial charge in [-0.3, -0.25) is 0 Å². The van der Waals surface area contributed by atoms with Crippen LogP contribution in [0.4, 0.5) is 0 Å². The molecule has 1 aromatic carbocycles. The smallest absolute Gasteiger partial charge is 0.0437 e. The quantitative estimate of drug-likeness (QED) is 0.717. The highest BCUT2D eigenvalue weighted by molar-refractivity contribution is 6.31. The molecule has 0 saturated carbocycles. The Hall–Kier alpha value is -0.530.